The van der Waals surface area contributed by atoms with E-state index in [1.54, 1.807) is 0 Å². The van der Waals surface area contributed by atoms with Crippen LogP contribution in [0, 0.1) is 0 Å². The van der Waals surface area contributed by atoms with Gasteiger partial charge in [-0.25, -0.2) is 0 Å². The number of ether oxygens (including phenoxy) is 1. The topological polar surface area (TPSA) is 69.1 Å². The maximum Gasteiger partial charge on any atom is 0.191 e. The Balaban J connectivity index is 2.41. The van der Waals surface area contributed by atoms with Crippen molar-refractivity contribution >= 4 is 5.96 Å². The number of hydrogen-bond acceptors (Lipinski definition) is 4. The van der Waals surface area contributed by atoms with Crippen molar-refractivity contribution in [3.05, 3.63) is 0 Å². The minimum absolute atomic E-state index is 0.364. The monoisotopic (exact) mass is 342 g/mol. The fourth-order valence-corrected chi connectivity index (χ4v) is 2.92. The van der Waals surface area contributed by atoms with E-state index < -0.39 is 5.60 Å². The standard InChI is InChI=1S/C18H38N4O2/c1-5-19-17(20-15-18(23)10-13-24-14-11-18)21-16(4)9-8-12-22(6-2)7-3/h16,23H,5-15H2,1-4H3,(H2,19,20,21). The van der Waals surface area contributed by atoms with Crippen LogP contribution >= 0.6 is 0 Å². The Morgan fingerprint density at radius 1 is 1.25 bits per heavy atom. The summed E-state index contributed by atoms with van der Waals surface area (Å²) < 4.78 is 5.32. The maximum absolute atomic E-state index is 10.5. The summed E-state index contributed by atoms with van der Waals surface area (Å²) in [7, 11) is 0. The first kappa shape index (κ1) is 21.2. The molecular weight excluding hydrogens is 304 g/mol. The van der Waals surface area contributed by atoms with Crippen LogP contribution in [0.1, 0.15) is 53.4 Å². The molecule has 1 fully saturated rings. The van der Waals surface area contributed by atoms with Crippen molar-refractivity contribution in [3.8, 4) is 0 Å². The highest BCUT2D eigenvalue weighted by Gasteiger charge is 2.29. The Labute approximate surface area is 148 Å². The van der Waals surface area contributed by atoms with E-state index in [2.05, 4.69) is 48.2 Å². The lowest BCUT2D eigenvalue weighted by Gasteiger charge is -2.30. The Hall–Kier alpha value is -0.850. The number of hydrogen-bond donors (Lipinski definition) is 3. The lowest BCUT2D eigenvalue weighted by Crippen LogP contribution is -2.45. The number of aliphatic hydroxyl groups is 1. The average molecular weight is 343 g/mol. The van der Waals surface area contributed by atoms with Crippen LogP contribution < -0.4 is 10.6 Å². The van der Waals surface area contributed by atoms with Crippen LogP contribution in [0.4, 0.5) is 0 Å². The third-order valence-electron chi connectivity index (χ3n) is 4.69. The highest BCUT2D eigenvalue weighted by atomic mass is 16.5. The van der Waals surface area contributed by atoms with Gasteiger partial charge in [0.15, 0.2) is 5.96 Å². The lowest BCUT2D eigenvalue weighted by molar-refractivity contribution is -0.0566. The van der Waals surface area contributed by atoms with Gasteiger partial charge < -0.3 is 25.4 Å². The van der Waals surface area contributed by atoms with Gasteiger partial charge in [0, 0.05) is 38.6 Å². The van der Waals surface area contributed by atoms with Crippen LogP contribution in [0.25, 0.3) is 0 Å². The van der Waals surface area contributed by atoms with Gasteiger partial charge in [-0.2, -0.15) is 0 Å². The van der Waals surface area contributed by atoms with Gasteiger partial charge in [0.2, 0.25) is 0 Å². The minimum Gasteiger partial charge on any atom is -0.388 e. The van der Waals surface area contributed by atoms with Crippen molar-refractivity contribution in [2.75, 3.05) is 45.9 Å². The van der Waals surface area contributed by atoms with Gasteiger partial charge in [0.1, 0.15) is 0 Å². The SMILES string of the molecule is CCNC(=NCC1(O)CCOCC1)NC(C)CCCN(CC)CC. The van der Waals surface area contributed by atoms with E-state index in [0.717, 1.165) is 38.6 Å². The van der Waals surface area contributed by atoms with Gasteiger partial charge in [-0.05, 0) is 46.3 Å². The largest absolute Gasteiger partial charge is 0.388 e. The summed E-state index contributed by atoms with van der Waals surface area (Å²) in [5.74, 6) is 0.799. The predicted octanol–water partition coefficient (Wildman–Crippen LogP) is 1.59. The molecule has 1 rings (SSSR count). The van der Waals surface area contributed by atoms with Crippen LogP contribution in [-0.4, -0.2) is 73.5 Å². The van der Waals surface area contributed by atoms with E-state index in [1.807, 2.05) is 0 Å². The van der Waals surface area contributed by atoms with Crippen molar-refractivity contribution in [1.29, 1.82) is 0 Å². The van der Waals surface area contributed by atoms with Crippen molar-refractivity contribution in [3.63, 3.8) is 0 Å². The van der Waals surface area contributed by atoms with Gasteiger partial charge in [-0.1, -0.05) is 13.8 Å². The smallest absolute Gasteiger partial charge is 0.191 e. The van der Waals surface area contributed by atoms with Crippen LogP contribution in [0.5, 0.6) is 0 Å². The molecule has 0 aromatic carbocycles. The fourth-order valence-electron chi connectivity index (χ4n) is 2.92. The molecule has 1 unspecified atom stereocenters. The minimum atomic E-state index is -0.716. The molecule has 1 heterocycles. The summed E-state index contributed by atoms with van der Waals surface area (Å²) in [4.78, 5) is 7.05. The summed E-state index contributed by atoms with van der Waals surface area (Å²) >= 11 is 0. The van der Waals surface area contributed by atoms with Gasteiger partial charge in [0.05, 0.1) is 12.1 Å². The predicted molar refractivity (Wildman–Crippen MR) is 101 cm³/mol. The molecule has 142 valence electrons. The summed E-state index contributed by atoms with van der Waals surface area (Å²) in [5, 5.41) is 17.3. The van der Waals surface area contributed by atoms with Gasteiger partial charge >= 0.3 is 0 Å². The normalized spacial score (nSPS) is 19.3. The number of guanidine groups is 1. The molecule has 1 atom stereocenters. The molecule has 1 aliphatic heterocycles. The molecule has 1 aliphatic rings. The quantitative estimate of drug-likeness (QED) is 0.415. The highest BCUT2D eigenvalue weighted by Crippen LogP contribution is 2.20. The van der Waals surface area contributed by atoms with E-state index in [-0.39, 0.29) is 0 Å². The first-order valence-electron chi connectivity index (χ1n) is 9.60. The van der Waals surface area contributed by atoms with E-state index in [1.165, 1.54) is 6.42 Å². The van der Waals surface area contributed by atoms with E-state index >= 15 is 0 Å². The molecule has 0 radical (unpaired) electrons. The second-order valence-electron chi connectivity index (χ2n) is 6.75. The second-order valence-corrected chi connectivity index (χ2v) is 6.75. The second kappa shape index (κ2) is 11.7. The fraction of sp³-hybridized carbons (Fsp3) is 0.944. The van der Waals surface area contributed by atoms with Crippen molar-refractivity contribution in [2.24, 2.45) is 4.99 Å². The van der Waals surface area contributed by atoms with Crippen LogP contribution in [0.2, 0.25) is 0 Å². The Bertz CT molecular complexity index is 353. The molecule has 0 aromatic rings. The molecule has 0 spiro atoms. The van der Waals surface area contributed by atoms with Gasteiger partial charge in [0.25, 0.3) is 0 Å². The summed E-state index contributed by atoms with van der Waals surface area (Å²) in [6, 6.07) is 0.364. The third kappa shape index (κ3) is 8.31. The molecule has 0 saturated carbocycles. The summed E-state index contributed by atoms with van der Waals surface area (Å²) in [6.45, 7) is 14.5. The van der Waals surface area contributed by atoms with Crippen molar-refractivity contribution in [2.45, 2.75) is 65.0 Å². The molecule has 0 aromatic heterocycles. The number of nitrogens with one attached hydrogen (secondary N) is 2. The first-order valence-corrected chi connectivity index (χ1v) is 9.60. The number of rotatable bonds is 10. The van der Waals surface area contributed by atoms with E-state index in [4.69, 9.17) is 4.74 Å². The maximum atomic E-state index is 10.5. The molecule has 1 saturated heterocycles. The highest BCUT2D eigenvalue weighted by molar-refractivity contribution is 5.80. The van der Waals surface area contributed by atoms with Crippen LogP contribution in [0.15, 0.2) is 4.99 Å². The van der Waals surface area contributed by atoms with Crippen LogP contribution in [-0.2, 0) is 4.74 Å². The Morgan fingerprint density at radius 2 is 1.92 bits per heavy atom. The number of aliphatic imine (C=N–C) groups is 1. The van der Waals surface area contributed by atoms with Crippen molar-refractivity contribution < 1.29 is 9.84 Å². The van der Waals surface area contributed by atoms with Gasteiger partial charge in [-0.15, -0.1) is 0 Å². The molecule has 0 aliphatic carbocycles. The Morgan fingerprint density at radius 3 is 2.50 bits per heavy atom. The average Bonchev–Trinajstić information content (AvgIpc) is 2.57. The molecule has 3 N–H and O–H groups in total. The lowest BCUT2D eigenvalue weighted by atomic mass is 9.95. The zero-order chi connectivity index (χ0) is 17.8. The van der Waals surface area contributed by atoms with Gasteiger partial charge in [-0.3, -0.25) is 4.99 Å². The summed E-state index contributed by atoms with van der Waals surface area (Å²) in [5.41, 5.74) is -0.716. The molecule has 6 nitrogen and oxygen atoms in total. The first-order chi connectivity index (χ1) is 11.5. The zero-order valence-corrected chi connectivity index (χ0v) is 16.1. The Kier molecular flexibility index (Phi) is 10.3. The summed E-state index contributed by atoms with van der Waals surface area (Å²) in [6.07, 6.45) is 3.61. The number of nitrogens with zero attached hydrogens (tertiary/aromatic N) is 2. The van der Waals surface area contributed by atoms with Crippen molar-refractivity contribution in [1.82, 2.24) is 15.5 Å². The molecule has 0 bridgehead atoms. The molecular formula is C18H38N4O2. The van der Waals surface area contributed by atoms with E-state index in [9.17, 15) is 5.11 Å². The molecule has 24 heavy (non-hydrogen) atoms. The molecule has 6 heteroatoms. The third-order valence-corrected chi connectivity index (χ3v) is 4.69. The van der Waals surface area contributed by atoms with Crippen LogP contribution in [0.3, 0.4) is 0 Å². The molecule has 0 amide bonds. The zero-order valence-electron chi connectivity index (χ0n) is 16.1. The van der Waals surface area contributed by atoms with E-state index in [0.29, 0.717) is 38.6 Å².